The quantitative estimate of drug-likeness (QED) is 0.873. The maximum atomic E-state index is 12.0. The second-order valence-electron chi connectivity index (χ2n) is 5.37. The fourth-order valence-corrected chi connectivity index (χ4v) is 2.59. The number of amides is 1. The van der Waals surface area contributed by atoms with Crippen LogP contribution in [0.25, 0.3) is 0 Å². The molecule has 0 aromatic carbocycles. The van der Waals surface area contributed by atoms with E-state index in [4.69, 9.17) is 4.74 Å². The lowest BCUT2D eigenvalue weighted by atomic mass is 9.93. The summed E-state index contributed by atoms with van der Waals surface area (Å²) in [6.07, 6.45) is -0.487. The molecule has 1 amide bonds. The van der Waals surface area contributed by atoms with Gasteiger partial charge in [0.2, 0.25) is 11.8 Å². The topological polar surface area (TPSA) is 54.5 Å². The van der Waals surface area contributed by atoms with Crippen molar-refractivity contribution < 1.29 is 18.3 Å². The van der Waals surface area contributed by atoms with Crippen LogP contribution in [-0.4, -0.2) is 44.1 Å². The van der Waals surface area contributed by atoms with Crippen molar-refractivity contribution in [2.24, 2.45) is 5.92 Å². The van der Waals surface area contributed by atoms with E-state index in [2.05, 4.69) is 15.2 Å². The molecule has 0 radical (unpaired) electrons. The molecular formula is C15H21F2N3O2. The largest absolute Gasteiger partial charge is 0.481 e. The first kappa shape index (κ1) is 16.5. The number of alkyl halides is 2. The Bertz CT molecular complexity index is 491. The molecular weight excluding hydrogens is 292 g/mol. The third-order valence-electron chi connectivity index (χ3n) is 3.78. The number of aromatic nitrogens is 1. The molecule has 0 unspecified atom stereocenters. The molecule has 0 saturated carbocycles. The fraction of sp³-hybridized carbons (Fsp3) is 0.600. The normalized spacial score (nSPS) is 15.9. The minimum Gasteiger partial charge on any atom is -0.481 e. The predicted octanol–water partition coefficient (Wildman–Crippen LogP) is 2.08. The SMILES string of the molecule is COc1cccc(N2CCC(CC(=O)NCC(F)F)CC2)n1. The average Bonchev–Trinajstić information content (AvgIpc) is 2.54. The van der Waals surface area contributed by atoms with E-state index in [0.29, 0.717) is 12.3 Å². The Kier molecular flexibility index (Phi) is 5.91. The van der Waals surface area contributed by atoms with Gasteiger partial charge >= 0.3 is 0 Å². The van der Waals surface area contributed by atoms with Crippen LogP contribution < -0.4 is 15.0 Å². The van der Waals surface area contributed by atoms with Crippen LogP contribution in [0.3, 0.4) is 0 Å². The molecule has 1 aromatic rings. The van der Waals surface area contributed by atoms with Gasteiger partial charge in [-0.1, -0.05) is 6.07 Å². The third-order valence-corrected chi connectivity index (χ3v) is 3.78. The van der Waals surface area contributed by atoms with E-state index in [9.17, 15) is 13.6 Å². The molecule has 0 spiro atoms. The highest BCUT2D eigenvalue weighted by Crippen LogP contribution is 2.25. The van der Waals surface area contributed by atoms with Crippen molar-refractivity contribution >= 4 is 11.7 Å². The summed E-state index contributed by atoms with van der Waals surface area (Å²) in [7, 11) is 1.58. The zero-order valence-corrected chi connectivity index (χ0v) is 12.6. The summed E-state index contributed by atoms with van der Waals surface area (Å²) in [4.78, 5) is 18.1. The molecule has 2 rings (SSSR count). The molecule has 1 N–H and O–H groups in total. The van der Waals surface area contributed by atoms with Crippen molar-refractivity contribution in [3.05, 3.63) is 18.2 Å². The highest BCUT2D eigenvalue weighted by Gasteiger charge is 2.22. The third kappa shape index (κ3) is 4.82. The van der Waals surface area contributed by atoms with E-state index < -0.39 is 13.0 Å². The highest BCUT2D eigenvalue weighted by molar-refractivity contribution is 5.76. The lowest BCUT2D eigenvalue weighted by Crippen LogP contribution is -2.37. The number of pyridine rings is 1. The Labute approximate surface area is 128 Å². The Morgan fingerprint density at radius 3 is 2.82 bits per heavy atom. The summed E-state index contributed by atoms with van der Waals surface area (Å²) in [5.41, 5.74) is 0. The molecule has 1 aromatic heterocycles. The molecule has 1 aliphatic heterocycles. The Morgan fingerprint density at radius 2 is 2.18 bits per heavy atom. The van der Waals surface area contributed by atoms with Crippen molar-refractivity contribution in [1.29, 1.82) is 0 Å². The van der Waals surface area contributed by atoms with Crippen LogP contribution in [0.1, 0.15) is 19.3 Å². The van der Waals surface area contributed by atoms with Gasteiger partial charge in [-0.25, -0.2) is 8.78 Å². The second kappa shape index (κ2) is 7.91. The molecule has 0 bridgehead atoms. The number of methoxy groups -OCH3 is 1. The van der Waals surface area contributed by atoms with Gasteiger partial charge in [0, 0.05) is 25.6 Å². The highest BCUT2D eigenvalue weighted by atomic mass is 19.3. The lowest BCUT2D eigenvalue weighted by molar-refractivity contribution is -0.122. The van der Waals surface area contributed by atoms with E-state index in [1.165, 1.54) is 0 Å². The first-order valence-electron chi connectivity index (χ1n) is 7.39. The second-order valence-corrected chi connectivity index (χ2v) is 5.37. The molecule has 1 saturated heterocycles. The van der Waals surface area contributed by atoms with Gasteiger partial charge in [0.05, 0.1) is 13.7 Å². The summed E-state index contributed by atoms with van der Waals surface area (Å²) in [6.45, 7) is 1.03. The van der Waals surface area contributed by atoms with Gasteiger partial charge in [0.15, 0.2) is 0 Å². The number of nitrogens with zero attached hydrogens (tertiary/aromatic N) is 2. The van der Waals surface area contributed by atoms with Crippen molar-refractivity contribution in [3.63, 3.8) is 0 Å². The molecule has 2 heterocycles. The molecule has 5 nitrogen and oxygen atoms in total. The maximum Gasteiger partial charge on any atom is 0.255 e. The maximum absolute atomic E-state index is 12.0. The van der Waals surface area contributed by atoms with Gasteiger partial charge in [-0.05, 0) is 24.8 Å². The number of nitrogens with one attached hydrogen (secondary N) is 1. The molecule has 0 atom stereocenters. The number of carbonyl (C=O) groups is 1. The number of ether oxygens (including phenoxy) is 1. The van der Waals surface area contributed by atoms with Gasteiger partial charge in [0.25, 0.3) is 6.43 Å². The summed E-state index contributed by atoms with van der Waals surface area (Å²) >= 11 is 0. The van der Waals surface area contributed by atoms with Crippen LogP contribution in [0, 0.1) is 5.92 Å². The van der Waals surface area contributed by atoms with Gasteiger partial charge in [-0.2, -0.15) is 4.98 Å². The van der Waals surface area contributed by atoms with E-state index in [0.717, 1.165) is 31.7 Å². The number of halogens is 2. The van der Waals surface area contributed by atoms with E-state index in [1.807, 2.05) is 12.1 Å². The first-order valence-corrected chi connectivity index (χ1v) is 7.39. The molecule has 22 heavy (non-hydrogen) atoms. The Balaban J connectivity index is 1.79. The minimum absolute atomic E-state index is 0.236. The van der Waals surface area contributed by atoms with Crippen LogP contribution in [0.4, 0.5) is 14.6 Å². The number of hydrogen-bond donors (Lipinski definition) is 1. The number of rotatable bonds is 6. The van der Waals surface area contributed by atoms with Crippen LogP contribution in [-0.2, 0) is 4.79 Å². The zero-order chi connectivity index (χ0) is 15.9. The van der Waals surface area contributed by atoms with E-state index >= 15 is 0 Å². The van der Waals surface area contributed by atoms with Crippen molar-refractivity contribution in [2.45, 2.75) is 25.7 Å². The predicted molar refractivity (Wildman–Crippen MR) is 79.4 cm³/mol. The van der Waals surface area contributed by atoms with Crippen LogP contribution >= 0.6 is 0 Å². The van der Waals surface area contributed by atoms with Crippen molar-refractivity contribution in [1.82, 2.24) is 10.3 Å². The van der Waals surface area contributed by atoms with Crippen LogP contribution in [0.15, 0.2) is 18.2 Å². The molecule has 7 heteroatoms. The van der Waals surface area contributed by atoms with Gasteiger partial charge < -0.3 is 15.0 Å². The van der Waals surface area contributed by atoms with Crippen LogP contribution in [0.5, 0.6) is 5.88 Å². The molecule has 0 aliphatic carbocycles. The zero-order valence-electron chi connectivity index (χ0n) is 12.6. The van der Waals surface area contributed by atoms with Gasteiger partial charge in [0.1, 0.15) is 5.82 Å². The van der Waals surface area contributed by atoms with Crippen molar-refractivity contribution in [2.75, 3.05) is 31.6 Å². The fourth-order valence-electron chi connectivity index (χ4n) is 2.59. The average molecular weight is 313 g/mol. The van der Waals surface area contributed by atoms with Gasteiger partial charge in [-0.15, -0.1) is 0 Å². The smallest absolute Gasteiger partial charge is 0.255 e. The first-order chi connectivity index (χ1) is 10.6. The summed E-state index contributed by atoms with van der Waals surface area (Å²) in [5, 5.41) is 2.26. The standard InChI is InChI=1S/C15H21F2N3O2/c1-22-15-4-2-3-13(19-15)20-7-5-11(6-8-20)9-14(21)18-10-12(16)17/h2-4,11-12H,5-10H2,1H3,(H,18,21). The van der Waals surface area contributed by atoms with Crippen molar-refractivity contribution in [3.8, 4) is 5.88 Å². The number of anilines is 1. The lowest BCUT2D eigenvalue weighted by Gasteiger charge is -2.32. The number of carbonyl (C=O) groups excluding carboxylic acids is 1. The minimum atomic E-state index is -2.50. The van der Waals surface area contributed by atoms with Gasteiger partial charge in [-0.3, -0.25) is 4.79 Å². The Morgan fingerprint density at radius 1 is 1.45 bits per heavy atom. The summed E-state index contributed by atoms with van der Waals surface area (Å²) < 4.78 is 29.2. The molecule has 122 valence electrons. The van der Waals surface area contributed by atoms with E-state index in [1.54, 1.807) is 13.2 Å². The number of hydrogen-bond acceptors (Lipinski definition) is 4. The van der Waals surface area contributed by atoms with Crippen LogP contribution in [0.2, 0.25) is 0 Å². The molecule has 1 fully saturated rings. The number of piperidine rings is 1. The van der Waals surface area contributed by atoms with E-state index in [-0.39, 0.29) is 11.8 Å². The summed E-state index contributed by atoms with van der Waals surface area (Å²) in [5.74, 6) is 1.38. The summed E-state index contributed by atoms with van der Waals surface area (Å²) in [6, 6.07) is 5.62. The Hall–Kier alpha value is -1.92. The monoisotopic (exact) mass is 313 g/mol. The molecule has 1 aliphatic rings.